The van der Waals surface area contributed by atoms with Gasteiger partial charge >= 0.3 is 0 Å². The first-order valence-corrected chi connectivity index (χ1v) is 5.48. The second-order valence-electron chi connectivity index (χ2n) is 4.45. The first-order valence-electron chi connectivity index (χ1n) is 5.48. The Morgan fingerprint density at radius 1 is 1.47 bits per heavy atom. The van der Waals surface area contributed by atoms with Crippen molar-refractivity contribution in [1.29, 1.82) is 0 Å². The lowest BCUT2D eigenvalue weighted by molar-refractivity contribution is 0.262. The van der Waals surface area contributed by atoms with Gasteiger partial charge in [0.15, 0.2) is 5.82 Å². The molecule has 0 amide bonds. The molecular formula is C11H15N3O. The van der Waals surface area contributed by atoms with E-state index in [2.05, 4.69) is 28.2 Å². The van der Waals surface area contributed by atoms with Crippen molar-refractivity contribution in [2.24, 2.45) is 0 Å². The Hall–Kier alpha value is -1.16. The number of likely N-dealkylation sites (N-methyl/N-ethyl adjacent to an activating group) is 1. The normalized spacial score (nSPS) is 30.7. The van der Waals surface area contributed by atoms with E-state index in [1.807, 2.05) is 6.92 Å². The molecule has 3 heterocycles. The molecule has 15 heavy (non-hydrogen) atoms. The van der Waals surface area contributed by atoms with Crippen molar-refractivity contribution in [3.63, 3.8) is 0 Å². The van der Waals surface area contributed by atoms with Crippen LogP contribution in [0.4, 0.5) is 0 Å². The standard InChI is InChI=1S/C11H15N3O/c1-7-12-11(15-13-7)9-5-3-8-4-6-10(9)14(8)2/h5,8,10H,3-4,6H2,1-2H3/t8-,10-/m1/s1. The summed E-state index contributed by atoms with van der Waals surface area (Å²) in [4.78, 5) is 6.75. The maximum Gasteiger partial charge on any atom is 0.255 e. The third kappa shape index (κ3) is 1.32. The van der Waals surface area contributed by atoms with Gasteiger partial charge in [-0.25, -0.2) is 0 Å². The maximum atomic E-state index is 5.25. The van der Waals surface area contributed by atoms with E-state index in [1.54, 1.807) is 0 Å². The number of hydrogen-bond acceptors (Lipinski definition) is 4. The topological polar surface area (TPSA) is 42.2 Å². The average molecular weight is 205 g/mol. The van der Waals surface area contributed by atoms with Crippen LogP contribution in [0.3, 0.4) is 0 Å². The molecular weight excluding hydrogens is 190 g/mol. The SMILES string of the molecule is Cc1noc(C2=CC[C@@H]3CC[C@H]2N3C)n1. The fourth-order valence-electron chi connectivity index (χ4n) is 2.71. The smallest absolute Gasteiger partial charge is 0.255 e. The van der Waals surface area contributed by atoms with Crippen molar-refractivity contribution in [2.45, 2.75) is 38.3 Å². The van der Waals surface area contributed by atoms with Gasteiger partial charge in [-0.1, -0.05) is 11.2 Å². The lowest BCUT2D eigenvalue weighted by Gasteiger charge is -2.29. The first kappa shape index (κ1) is 9.09. The summed E-state index contributed by atoms with van der Waals surface area (Å²) < 4.78 is 5.25. The lowest BCUT2D eigenvalue weighted by Crippen LogP contribution is -2.35. The summed E-state index contributed by atoms with van der Waals surface area (Å²) in [6.07, 6.45) is 5.89. The minimum Gasteiger partial charge on any atom is -0.334 e. The predicted molar refractivity (Wildman–Crippen MR) is 56.2 cm³/mol. The largest absolute Gasteiger partial charge is 0.334 e. The highest BCUT2D eigenvalue weighted by molar-refractivity contribution is 5.65. The van der Waals surface area contributed by atoms with Crippen molar-refractivity contribution in [3.05, 3.63) is 17.8 Å². The van der Waals surface area contributed by atoms with E-state index >= 15 is 0 Å². The molecule has 2 aliphatic heterocycles. The zero-order valence-electron chi connectivity index (χ0n) is 9.10. The van der Waals surface area contributed by atoms with Crippen LogP contribution >= 0.6 is 0 Å². The summed E-state index contributed by atoms with van der Waals surface area (Å²) in [5, 5.41) is 3.85. The van der Waals surface area contributed by atoms with Crippen LogP contribution in [0.1, 0.15) is 31.0 Å². The molecule has 2 aliphatic rings. The molecule has 2 atom stereocenters. The van der Waals surface area contributed by atoms with Gasteiger partial charge in [-0.15, -0.1) is 0 Å². The molecule has 4 heteroatoms. The fraction of sp³-hybridized carbons (Fsp3) is 0.636. The van der Waals surface area contributed by atoms with Crippen molar-refractivity contribution >= 4 is 5.57 Å². The summed E-state index contributed by atoms with van der Waals surface area (Å²) in [5.41, 5.74) is 1.23. The van der Waals surface area contributed by atoms with Crippen molar-refractivity contribution in [2.75, 3.05) is 7.05 Å². The highest BCUT2D eigenvalue weighted by Gasteiger charge is 2.37. The Balaban J connectivity index is 1.97. The van der Waals surface area contributed by atoms with Crippen molar-refractivity contribution in [1.82, 2.24) is 15.0 Å². The first-order chi connectivity index (χ1) is 7.25. The number of fused-ring (bicyclic) bond motifs is 2. The minimum atomic E-state index is 0.489. The van der Waals surface area contributed by atoms with Crippen molar-refractivity contribution < 1.29 is 4.52 Å². The molecule has 0 unspecified atom stereocenters. The van der Waals surface area contributed by atoms with E-state index in [4.69, 9.17) is 4.52 Å². The molecule has 0 spiro atoms. The zero-order valence-corrected chi connectivity index (χ0v) is 9.10. The quantitative estimate of drug-likeness (QED) is 0.698. The van der Waals surface area contributed by atoms with Crippen LogP contribution in [0.25, 0.3) is 5.57 Å². The van der Waals surface area contributed by atoms with Gasteiger partial charge in [0.25, 0.3) is 5.89 Å². The van der Waals surface area contributed by atoms with Crippen LogP contribution in [-0.4, -0.2) is 34.2 Å². The van der Waals surface area contributed by atoms with E-state index in [0.717, 1.165) is 12.5 Å². The number of rotatable bonds is 1. The molecule has 0 radical (unpaired) electrons. The summed E-state index contributed by atoms with van der Waals surface area (Å²) in [6.45, 7) is 1.86. The third-order valence-electron chi connectivity index (χ3n) is 3.58. The van der Waals surface area contributed by atoms with Crippen LogP contribution in [0.15, 0.2) is 10.6 Å². The molecule has 0 N–H and O–H groups in total. The molecule has 4 nitrogen and oxygen atoms in total. The Morgan fingerprint density at radius 3 is 3.07 bits per heavy atom. The molecule has 2 bridgehead atoms. The molecule has 1 fully saturated rings. The number of nitrogens with zero attached hydrogens (tertiary/aromatic N) is 3. The zero-order chi connectivity index (χ0) is 10.4. The van der Waals surface area contributed by atoms with Crippen LogP contribution < -0.4 is 0 Å². The second-order valence-corrected chi connectivity index (χ2v) is 4.45. The Morgan fingerprint density at radius 2 is 2.33 bits per heavy atom. The van der Waals surface area contributed by atoms with Gasteiger partial charge in [-0.05, 0) is 33.2 Å². The average Bonchev–Trinajstić information content (AvgIpc) is 2.72. The highest BCUT2D eigenvalue weighted by Crippen LogP contribution is 2.38. The molecule has 80 valence electrons. The van der Waals surface area contributed by atoms with Gasteiger partial charge in [-0.2, -0.15) is 4.98 Å². The Labute approximate surface area is 89.0 Å². The van der Waals surface area contributed by atoms with E-state index in [1.165, 1.54) is 18.4 Å². The highest BCUT2D eigenvalue weighted by atomic mass is 16.5. The van der Waals surface area contributed by atoms with Gasteiger partial charge in [0, 0.05) is 17.7 Å². The summed E-state index contributed by atoms with van der Waals surface area (Å²) in [5.74, 6) is 1.43. The van der Waals surface area contributed by atoms with E-state index in [0.29, 0.717) is 17.8 Å². The number of hydrogen-bond donors (Lipinski definition) is 0. The molecule has 1 aromatic heterocycles. The van der Waals surface area contributed by atoms with E-state index < -0.39 is 0 Å². The predicted octanol–water partition coefficient (Wildman–Crippen LogP) is 1.63. The van der Waals surface area contributed by atoms with Crippen LogP contribution in [0, 0.1) is 6.92 Å². The molecule has 1 saturated heterocycles. The molecule has 0 aromatic carbocycles. The molecule has 1 aromatic rings. The van der Waals surface area contributed by atoms with Gasteiger partial charge in [-0.3, -0.25) is 4.90 Å². The number of aromatic nitrogens is 2. The summed E-state index contributed by atoms with van der Waals surface area (Å²) >= 11 is 0. The summed E-state index contributed by atoms with van der Waals surface area (Å²) in [7, 11) is 2.19. The van der Waals surface area contributed by atoms with Gasteiger partial charge in [0.1, 0.15) is 0 Å². The maximum absolute atomic E-state index is 5.25. The Bertz CT molecular complexity index is 410. The van der Waals surface area contributed by atoms with E-state index in [-0.39, 0.29) is 0 Å². The van der Waals surface area contributed by atoms with Crippen LogP contribution in [0.5, 0.6) is 0 Å². The van der Waals surface area contributed by atoms with Gasteiger partial charge in [0.2, 0.25) is 0 Å². The summed E-state index contributed by atoms with van der Waals surface area (Å²) in [6, 6.07) is 1.21. The van der Waals surface area contributed by atoms with Crippen LogP contribution in [0.2, 0.25) is 0 Å². The lowest BCUT2D eigenvalue weighted by atomic mass is 10.0. The second kappa shape index (κ2) is 3.17. The molecule has 0 saturated carbocycles. The minimum absolute atomic E-state index is 0.489. The fourth-order valence-corrected chi connectivity index (χ4v) is 2.71. The molecule has 3 rings (SSSR count). The number of aryl methyl sites for hydroxylation is 1. The molecule has 0 aliphatic carbocycles. The van der Waals surface area contributed by atoms with Crippen LogP contribution in [-0.2, 0) is 0 Å². The monoisotopic (exact) mass is 205 g/mol. The van der Waals surface area contributed by atoms with Gasteiger partial charge in [0.05, 0.1) is 0 Å². The van der Waals surface area contributed by atoms with Gasteiger partial charge < -0.3 is 4.52 Å². The van der Waals surface area contributed by atoms with E-state index in [9.17, 15) is 0 Å². The third-order valence-corrected chi connectivity index (χ3v) is 3.58. The van der Waals surface area contributed by atoms with Crippen molar-refractivity contribution in [3.8, 4) is 0 Å². The Kier molecular flexibility index (Phi) is 1.92.